The predicted octanol–water partition coefficient (Wildman–Crippen LogP) is 0.796. The Balaban J connectivity index is 1.98. The van der Waals surface area contributed by atoms with Crippen molar-refractivity contribution in [3.63, 3.8) is 0 Å². The van der Waals surface area contributed by atoms with Gasteiger partial charge in [-0.25, -0.2) is 4.79 Å². The molecule has 1 aromatic heterocycles. The van der Waals surface area contributed by atoms with Crippen LogP contribution in [-0.2, 0) is 13.0 Å². The van der Waals surface area contributed by atoms with Gasteiger partial charge in [-0.3, -0.25) is 0 Å². The molecule has 5 nitrogen and oxygen atoms in total. The molecular formula is C13H20N4O. The summed E-state index contributed by atoms with van der Waals surface area (Å²) in [7, 11) is 0. The van der Waals surface area contributed by atoms with E-state index < -0.39 is 0 Å². The van der Waals surface area contributed by atoms with Gasteiger partial charge in [-0.2, -0.15) is 4.98 Å². The van der Waals surface area contributed by atoms with Crippen LogP contribution >= 0.6 is 0 Å². The fraction of sp³-hybridized carbons (Fsp3) is 0.692. The van der Waals surface area contributed by atoms with Crippen LogP contribution in [0.4, 0.5) is 5.82 Å². The maximum Gasteiger partial charge on any atom is 0.347 e. The number of aromatic amines is 1. The van der Waals surface area contributed by atoms with Crippen LogP contribution in [0.3, 0.4) is 0 Å². The summed E-state index contributed by atoms with van der Waals surface area (Å²) < 4.78 is 0. The van der Waals surface area contributed by atoms with Crippen LogP contribution < -0.4 is 15.9 Å². The fourth-order valence-corrected chi connectivity index (χ4v) is 2.92. The van der Waals surface area contributed by atoms with Crippen LogP contribution in [0.25, 0.3) is 0 Å². The summed E-state index contributed by atoms with van der Waals surface area (Å²) in [6.07, 6.45) is 5.97. The summed E-state index contributed by atoms with van der Waals surface area (Å²) in [6.45, 7) is 3.81. The summed E-state index contributed by atoms with van der Waals surface area (Å²) in [5.41, 5.74) is 2.06. The number of fused-ring (bicyclic) bond motifs is 1. The molecular weight excluding hydrogens is 228 g/mol. The molecule has 0 atom stereocenters. The Morgan fingerprint density at radius 3 is 2.67 bits per heavy atom. The molecule has 0 amide bonds. The number of rotatable bonds is 1. The number of hydrogen-bond acceptors (Lipinski definition) is 4. The molecule has 1 aromatic rings. The summed E-state index contributed by atoms with van der Waals surface area (Å²) in [4.78, 5) is 21.1. The van der Waals surface area contributed by atoms with Gasteiger partial charge in [0.25, 0.3) is 0 Å². The topological polar surface area (TPSA) is 61.0 Å². The van der Waals surface area contributed by atoms with Crippen molar-refractivity contribution in [2.75, 3.05) is 24.5 Å². The average Bonchev–Trinajstić information content (AvgIpc) is 2.66. The fourth-order valence-electron chi connectivity index (χ4n) is 2.92. The smallest absolute Gasteiger partial charge is 0.347 e. The van der Waals surface area contributed by atoms with E-state index in [9.17, 15) is 4.79 Å². The molecule has 0 bridgehead atoms. The Kier molecular flexibility index (Phi) is 3.32. The standard InChI is InChI=1S/C13H20N4O/c18-13-15-11-9-14-6-5-10(11)12(16-13)17-7-3-1-2-4-8-17/h14H,1-9H2,(H,15,16,18). The highest BCUT2D eigenvalue weighted by Crippen LogP contribution is 2.24. The monoisotopic (exact) mass is 248 g/mol. The van der Waals surface area contributed by atoms with Gasteiger partial charge in [-0.1, -0.05) is 12.8 Å². The van der Waals surface area contributed by atoms with Crippen molar-refractivity contribution in [2.24, 2.45) is 0 Å². The number of anilines is 1. The zero-order valence-corrected chi connectivity index (χ0v) is 10.7. The molecule has 0 radical (unpaired) electrons. The van der Waals surface area contributed by atoms with E-state index in [4.69, 9.17) is 0 Å². The quantitative estimate of drug-likeness (QED) is 0.771. The molecule has 2 aliphatic heterocycles. The highest BCUT2D eigenvalue weighted by Gasteiger charge is 2.20. The molecule has 3 heterocycles. The van der Waals surface area contributed by atoms with Gasteiger partial charge in [0.1, 0.15) is 5.82 Å². The zero-order valence-electron chi connectivity index (χ0n) is 10.7. The summed E-state index contributed by atoms with van der Waals surface area (Å²) in [5, 5.41) is 3.29. The van der Waals surface area contributed by atoms with Crippen LogP contribution in [0, 0.1) is 0 Å². The largest absolute Gasteiger partial charge is 0.356 e. The lowest BCUT2D eigenvalue weighted by Gasteiger charge is -2.27. The van der Waals surface area contributed by atoms with E-state index in [0.717, 1.165) is 44.1 Å². The van der Waals surface area contributed by atoms with E-state index in [1.54, 1.807) is 0 Å². The lowest BCUT2D eigenvalue weighted by molar-refractivity contribution is 0.614. The van der Waals surface area contributed by atoms with E-state index >= 15 is 0 Å². The number of nitrogens with zero attached hydrogens (tertiary/aromatic N) is 2. The lowest BCUT2D eigenvalue weighted by atomic mass is 10.1. The van der Waals surface area contributed by atoms with E-state index in [0.29, 0.717) is 0 Å². The molecule has 1 fully saturated rings. The number of aromatic nitrogens is 2. The van der Waals surface area contributed by atoms with Crippen molar-refractivity contribution in [3.8, 4) is 0 Å². The van der Waals surface area contributed by atoms with Gasteiger partial charge in [0, 0.05) is 30.9 Å². The molecule has 98 valence electrons. The van der Waals surface area contributed by atoms with E-state index in [-0.39, 0.29) is 5.69 Å². The highest BCUT2D eigenvalue weighted by atomic mass is 16.1. The Hall–Kier alpha value is -1.36. The Morgan fingerprint density at radius 1 is 1.11 bits per heavy atom. The second-order valence-corrected chi connectivity index (χ2v) is 5.15. The van der Waals surface area contributed by atoms with Crippen molar-refractivity contribution >= 4 is 5.82 Å². The van der Waals surface area contributed by atoms with E-state index in [1.807, 2.05) is 0 Å². The van der Waals surface area contributed by atoms with Crippen LogP contribution in [-0.4, -0.2) is 29.6 Å². The van der Waals surface area contributed by atoms with Gasteiger partial charge < -0.3 is 15.2 Å². The molecule has 1 saturated heterocycles. The van der Waals surface area contributed by atoms with Gasteiger partial charge in [0.05, 0.1) is 0 Å². The van der Waals surface area contributed by atoms with Crippen molar-refractivity contribution in [1.29, 1.82) is 0 Å². The lowest BCUT2D eigenvalue weighted by Crippen LogP contribution is -2.34. The maximum atomic E-state index is 11.7. The Morgan fingerprint density at radius 2 is 1.89 bits per heavy atom. The molecule has 0 unspecified atom stereocenters. The average molecular weight is 248 g/mol. The zero-order chi connectivity index (χ0) is 12.4. The first-order valence-corrected chi connectivity index (χ1v) is 6.92. The predicted molar refractivity (Wildman–Crippen MR) is 70.9 cm³/mol. The van der Waals surface area contributed by atoms with Crippen molar-refractivity contribution in [1.82, 2.24) is 15.3 Å². The first-order valence-electron chi connectivity index (χ1n) is 6.92. The Bertz CT molecular complexity index is 474. The molecule has 0 aliphatic carbocycles. The minimum atomic E-state index is -0.211. The SMILES string of the molecule is O=c1nc(N2CCCCCC2)c2c([nH]1)CNCC2. The molecule has 0 aromatic carbocycles. The summed E-state index contributed by atoms with van der Waals surface area (Å²) in [6, 6.07) is 0. The molecule has 3 rings (SSSR count). The van der Waals surface area contributed by atoms with Gasteiger partial charge >= 0.3 is 5.69 Å². The molecule has 0 saturated carbocycles. The van der Waals surface area contributed by atoms with Gasteiger partial charge in [-0.05, 0) is 25.8 Å². The molecule has 18 heavy (non-hydrogen) atoms. The van der Waals surface area contributed by atoms with E-state index in [1.165, 1.54) is 31.2 Å². The van der Waals surface area contributed by atoms with Crippen molar-refractivity contribution in [3.05, 3.63) is 21.7 Å². The van der Waals surface area contributed by atoms with Gasteiger partial charge in [0.15, 0.2) is 0 Å². The molecule has 0 spiro atoms. The van der Waals surface area contributed by atoms with Gasteiger partial charge in [0.2, 0.25) is 0 Å². The highest BCUT2D eigenvalue weighted by molar-refractivity contribution is 5.49. The normalized spacial score (nSPS) is 20.3. The van der Waals surface area contributed by atoms with Crippen LogP contribution in [0.2, 0.25) is 0 Å². The minimum absolute atomic E-state index is 0.211. The van der Waals surface area contributed by atoms with Crippen molar-refractivity contribution in [2.45, 2.75) is 38.6 Å². The maximum absolute atomic E-state index is 11.7. The van der Waals surface area contributed by atoms with E-state index in [2.05, 4.69) is 20.2 Å². The van der Waals surface area contributed by atoms with Crippen LogP contribution in [0.5, 0.6) is 0 Å². The number of nitrogens with one attached hydrogen (secondary N) is 2. The second kappa shape index (κ2) is 5.10. The third kappa shape index (κ3) is 2.27. The minimum Gasteiger partial charge on any atom is -0.356 e. The summed E-state index contributed by atoms with van der Waals surface area (Å²) >= 11 is 0. The first-order chi connectivity index (χ1) is 8.84. The number of H-pyrrole nitrogens is 1. The first kappa shape index (κ1) is 11.7. The van der Waals surface area contributed by atoms with Crippen LogP contribution in [0.15, 0.2) is 4.79 Å². The van der Waals surface area contributed by atoms with Crippen molar-refractivity contribution < 1.29 is 0 Å². The summed E-state index contributed by atoms with van der Waals surface area (Å²) in [5.74, 6) is 0.942. The Labute approximate surface area is 107 Å². The number of hydrogen-bond donors (Lipinski definition) is 2. The van der Waals surface area contributed by atoms with Crippen LogP contribution in [0.1, 0.15) is 36.9 Å². The third-order valence-electron chi connectivity index (χ3n) is 3.86. The third-order valence-corrected chi connectivity index (χ3v) is 3.86. The molecule has 2 N–H and O–H groups in total. The van der Waals surface area contributed by atoms with Gasteiger partial charge in [-0.15, -0.1) is 0 Å². The molecule has 2 aliphatic rings. The second-order valence-electron chi connectivity index (χ2n) is 5.15. The molecule has 5 heteroatoms.